The first kappa shape index (κ1) is 14.4. The maximum atomic E-state index is 3.74. The van der Waals surface area contributed by atoms with Gasteiger partial charge < -0.3 is 5.32 Å². The highest BCUT2D eigenvalue weighted by Gasteiger charge is 2.24. The van der Waals surface area contributed by atoms with E-state index in [1.165, 1.54) is 50.8 Å². The second-order valence-electron chi connectivity index (χ2n) is 5.44. The Morgan fingerprint density at radius 1 is 1.25 bits per heavy atom. The van der Waals surface area contributed by atoms with Crippen LogP contribution in [-0.2, 0) is 0 Å². The van der Waals surface area contributed by atoms with Gasteiger partial charge in [0.05, 0.1) is 0 Å². The van der Waals surface area contributed by atoms with Gasteiger partial charge in [-0.25, -0.2) is 0 Å². The molecule has 0 aromatic rings. The molecular weight excluding hydrogens is 214 g/mol. The van der Waals surface area contributed by atoms with Crippen LogP contribution in [0.4, 0.5) is 0 Å². The Morgan fingerprint density at radius 3 is 2.69 bits per heavy atom. The molecule has 0 bridgehead atoms. The smallest absolute Gasteiger partial charge is 0.0201 e. The van der Waals surface area contributed by atoms with Crippen LogP contribution in [0, 0.1) is 5.92 Å². The molecule has 0 aliphatic heterocycles. The van der Waals surface area contributed by atoms with E-state index in [1.807, 2.05) is 0 Å². The minimum Gasteiger partial charge on any atom is -0.313 e. The molecule has 0 amide bonds. The van der Waals surface area contributed by atoms with E-state index in [9.17, 15) is 0 Å². The maximum absolute atomic E-state index is 3.74. The summed E-state index contributed by atoms with van der Waals surface area (Å²) in [7, 11) is 0. The van der Waals surface area contributed by atoms with E-state index in [1.54, 1.807) is 0 Å². The van der Waals surface area contributed by atoms with Gasteiger partial charge in [-0.3, -0.25) is 0 Å². The average Bonchev–Trinajstić information content (AvgIpc) is 2.27. The maximum Gasteiger partial charge on any atom is 0.0201 e. The van der Waals surface area contributed by atoms with Crippen molar-refractivity contribution in [1.29, 1.82) is 0 Å². The Bertz CT molecular complexity index is 170. The highest BCUT2D eigenvalue weighted by Crippen LogP contribution is 2.29. The molecule has 2 atom stereocenters. The fourth-order valence-electron chi connectivity index (χ4n) is 2.31. The second-order valence-corrected chi connectivity index (χ2v) is 6.78. The molecule has 0 radical (unpaired) electrons. The Kier molecular flexibility index (Phi) is 7.55. The Labute approximate surface area is 106 Å². The fraction of sp³-hybridized carbons (Fsp3) is 1.00. The highest BCUT2D eigenvalue weighted by atomic mass is 32.2. The molecule has 96 valence electrons. The lowest BCUT2D eigenvalue weighted by atomic mass is 9.95. The van der Waals surface area contributed by atoms with E-state index in [0.29, 0.717) is 0 Å². The molecule has 0 heterocycles. The van der Waals surface area contributed by atoms with Crippen LogP contribution in [0.25, 0.3) is 0 Å². The topological polar surface area (TPSA) is 12.0 Å². The predicted octanol–water partition coefficient (Wildman–Crippen LogP) is 4.08. The van der Waals surface area contributed by atoms with E-state index in [4.69, 9.17) is 0 Å². The van der Waals surface area contributed by atoms with Crippen LogP contribution in [-0.4, -0.2) is 23.6 Å². The molecule has 0 saturated heterocycles. The summed E-state index contributed by atoms with van der Waals surface area (Å²) in [5, 5.41) is 4.63. The Hall–Kier alpha value is 0.310. The molecule has 0 aromatic carbocycles. The first-order valence-electron chi connectivity index (χ1n) is 7.09. The second kappa shape index (κ2) is 8.41. The Morgan fingerprint density at radius 2 is 2.00 bits per heavy atom. The van der Waals surface area contributed by atoms with Crippen LogP contribution in [0.1, 0.15) is 59.3 Å². The molecule has 2 unspecified atom stereocenters. The van der Waals surface area contributed by atoms with Gasteiger partial charge in [-0.2, -0.15) is 11.8 Å². The lowest BCUT2D eigenvalue weighted by Gasteiger charge is -2.32. The van der Waals surface area contributed by atoms with Gasteiger partial charge in [0, 0.05) is 11.3 Å². The lowest BCUT2D eigenvalue weighted by Crippen LogP contribution is -2.41. The van der Waals surface area contributed by atoms with Gasteiger partial charge in [-0.05, 0) is 43.9 Å². The summed E-state index contributed by atoms with van der Waals surface area (Å²) >= 11 is 2.22. The fourth-order valence-corrected chi connectivity index (χ4v) is 4.02. The van der Waals surface area contributed by atoms with Crippen molar-refractivity contribution >= 4 is 11.8 Å². The third-order valence-electron chi connectivity index (χ3n) is 3.39. The van der Waals surface area contributed by atoms with Crippen molar-refractivity contribution in [2.24, 2.45) is 5.92 Å². The van der Waals surface area contributed by atoms with Gasteiger partial charge in [0.15, 0.2) is 0 Å². The summed E-state index contributed by atoms with van der Waals surface area (Å²) in [4.78, 5) is 0. The molecule has 2 heteroatoms. The van der Waals surface area contributed by atoms with Gasteiger partial charge in [-0.1, -0.05) is 33.6 Å². The zero-order valence-corrected chi connectivity index (χ0v) is 12.1. The quantitative estimate of drug-likeness (QED) is 0.723. The van der Waals surface area contributed by atoms with E-state index in [2.05, 4.69) is 37.8 Å². The van der Waals surface area contributed by atoms with Crippen LogP contribution in [0.5, 0.6) is 0 Å². The molecule has 16 heavy (non-hydrogen) atoms. The first-order valence-corrected chi connectivity index (χ1v) is 8.14. The van der Waals surface area contributed by atoms with Crippen LogP contribution >= 0.6 is 11.8 Å². The summed E-state index contributed by atoms with van der Waals surface area (Å²) in [5.74, 6) is 2.21. The van der Waals surface area contributed by atoms with E-state index < -0.39 is 0 Å². The number of thioether (sulfide) groups is 1. The largest absolute Gasteiger partial charge is 0.313 e. The molecule has 1 aliphatic carbocycles. The zero-order valence-electron chi connectivity index (χ0n) is 11.3. The molecule has 1 aliphatic rings. The highest BCUT2D eigenvalue weighted by molar-refractivity contribution is 7.99. The molecule has 0 spiro atoms. The summed E-state index contributed by atoms with van der Waals surface area (Å²) in [6.45, 7) is 8.12. The molecule has 1 N–H and O–H groups in total. The summed E-state index contributed by atoms with van der Waals surface area (Å²) in [6.07, 6.45) is 8.36. The number of nitrogens with one attached hydrogen (secondary N) is 1. The standard InChI is InChI=1S/C14H29NS/c1-4-10-15-13-7-5-6-8-14(13)16-11-9-12(2)3/h12-15H,4-11H2,1-3H3. The minimum atomic E-state index is 0.797. The number of rotatable bonds is 7. The van der Waals surface area contributed by atoms with Crippen molar-refractivity contribution in [3.05, 3.63) is 0 Å². The van der Waals surface area contributed by atoms with Gasteiger partial charge >= 0.3 is 0 Å². The van der Waals surface area contributed by atoms with E-state index in [0.717, 1.165) is 17.2 Å². The molecular formula is C14H29NS. The third kappa shape index (κ3) is 5.58. The van der Waals surface area contributed by atoms with Crippen molar-refractivity contribution < 1.29 is 0 Å². The Balaban J connectivity index is 2.23. The SMILES string of the molecule is CCCNC1CCCCC1SCCC(C)C. The normalized spacial score (nSPS) is 26.2. The monoisotopic (exact) mass is 243 g/mol. The van der Waals surface area contributed by atoms with Crippen LogP contribution < -0.4 is 5.32 Å². The summed E-state index contributed by atoms with van der Waals surface area (Å²) < 4.78 is 0. The molecule has 1 nitrogen and oxygen atoms in total. The van der Waals surface area contributed by atoms with Gasteiger partial charge in [0.1, 0.15) is 0 Å². The van der Waals surface area contributed by atoms with Gasteiger partial charge in [0.25, 0.3) is 0 Å². The molecule has 1 saturated carbocycles. The van der Waals surface area contributed by atoms with Crippen LogP contribution in [0.2, 0.25) is 0 Å². The van der Waals surface area contributed by atoms with Crippen molar-refractivity contribution in [1.82, 2.24) is 5.32 Å². The van der Waals surface area contributed by atoms with Gasteiger partial charge in [0.2, 0.25) is 0 Å². The molecule has 1 rings (SSSR count). The summed E-state index contributed by atoms with van der Waals surface area (Å²) in [6, 6.07) is 0.797. The molecule has 1 fully saturated rings. The first-order chi connectivity index (χ1) is 7.74. The predicted molar refractivity (Wildman–Crippen MR) is 76.3 cm³/mol. The van der Waals surface area contributed by atoms with Crippen molar-refractivity contribution in [3.8, 4) is 0 Å². The zero-order chi connectivity index (χ0) is 11.8. The van der Waals surface area contributed by atoms with Gasteiger partial charge in [-0.15, -0.1) is 0 Å². The van der Waals surface area contributed by atoms with Crippen molar-refractivity contribution in [2.45, 2.75) is 70.6 Å². The summed E-state index contributed by atoms with van der Waals surface area (Å²) in [5.41, 5.74) is 0. The average molecular weight is 243 g/mol. The third-order valence-corrected chi connectivity index (χ3v) is 4.85. The van der Waals surface area contributed by atoms with E-state index >= 15 is 0 Å². The van der Waals surface area contributed by atoms with Crippen molar-refractivity contribution in [2.75, 3.05) is 12.3 Å². The number of hydrogen-bond donors (Lipinski definition) is 1. The minimum absolute atomic E-state index is 0.797. The number of hydrogen-bond acceptors (Lipinski definition) is 2. The van der Waals surface area contributed by atoms with Crippen LogP contribution in [0.3, 0.4) is 0 Å². The van der Waals surface area contributed by atoms with E-state index in [-0.39, 0.29) is 0 Å². The lowest BCUT2D eigenvalue weighted by molar-refractivity contribution is 0.384. The van der Waals surface area contributed by atoms with Crippen molar-refractivity contribution in [3.63, 3.8) is 0 Å². The van der Waals surface area contributed by atoms with Crippen LogP contribution in [0.15, 0.2) is 0 Å². The molecule has 0 aromatic heterocycles.